The lowest BCUT2D eigenvalue weighted by atomic mass is 9.91. The van der Waals surface area contributed by atoms with Crippen molar-refractivity contribution in [1.29, 1.82) is 0 Å². The average molecular weight is 354 g/mol. The monoisotopic (exact) mass is 354 g/mol. The Kier molecular flexibility index (Phi) is 4.77. The third-order valence-electron chi connectivity index (χ3n) is 2.53. The highest BCUT2D eigenvalue weighted by molar-refractivity contribution is 5.16. The standard InChI is InChI=1S/C10H6F12/c1-3-5(11,12)7(15,16)9(19,20)10(21,22)8(17,18)6(13,14)4-2/h3-4H,1-2H2. The lowest BCUT2D eigenvalue weighted by Crippen LogP contribution is -2.70. The van der Waals surface area contributed by atoms with Crippen molar-refractivity contribution < 1.29 is 52.7 Å². The molecule has 22 heavy (non-hydrogen) atoms. The van der Waals surface area contributed by atoms with Gasteiger partial charge in [0.1, 0.15) is 0 Å². The predicted octanol–water partition coefficient (Wildman–Crippen LogP) is 5.17. The molecule has 130 valence electrons. The summed E-state index contributed by atoms with van der Waals surface area (Å²) in [7, 11) is 0. The summed E-state index contributed by atoms with van der Waals surface area (Å²) in [5.74, 6) is -41.5. The van der Waals surface area contributed by atoms with Crippen LogP contribution in [-0.4, -0.2) is 35.5 Å². The van der Waals surface area contributed by atoms with E-state index >= 15 is 0 Å². The van der Waals surface area contributed by atoms with Gasteiger partial charge in [-0.25, -0.2) is 0 Å². The van der Waals surface area contributed by atoms with Crippen molar-refractivity contribution in [3.63, 3.8) is 0 Å². The Morgan fingerprint density at radius 1 is 0.409 bits per heavy atom. The summed E-state index contributed by atoms with van der Waals surface area (Å²) in [6.45, 7) is 3.92. The van der Waals surface area contributed by atoms with Crippen LogP contribution < -0.4 is 0 Å². The molecule has 0 rings (SSSR count). The van der Waals surface area contributed by atoms with Gasteiger partial charge in [-0.1, -0.05) is 13.2 Å². The Balaban J connectivity index is 6.30. The second-order valence-corrected chi connectivity index (χ2v) is 3.95. The van der Waals surface area contributed by atoms with Crippen LogP contribution in [0.1, 0.15) is 0 Å². The molecule has 0 radical (unpaired) electrons. The van der Waals surface area contributed by atoms with E-state index in [2.05, 4.69) is 0 Å². The van der Waals surface area contributed by atoms with Crippen LogP contribution in [0.5, 0.6) is 0 Å². The molecular weight excluding hydrogens is 348 g/mol. The zero-order valence-corrected chi connectivity index (χ0v) is 10.1. The zero-order valence-electron chi connectivity index (χ0n) is 10.1. The van der Waals surface area contributed by atoms with Gasteiger partial charge in [-0.3, -0.25) is 0 Å². The van der Waals surface area contributed by atoms with Gasteiger partial charge in [-0.05, 0) is 12.2 Å². The molecule has 0 fully saturated rings. The molecule has 0 aromatic heterocycles. The molecule has 0 aromatic rings. The minimum atomic E-state index is -7.55. The highest BCUT2D eigenvalue weighted by Gasteiger charge is 2.89. The van der Waals surface area contributed by atoms with Crippen molar-refractivity contribution in [2.24, 2.45) is 0 Å². The SMILES string of the molecule is C=CC(F)(F)C(F)(F)C(F)(F)C(F)(F)C(F)(F)C(F)(F)C=C. The van der Waals surface area contributed by atoms with Crippen LogP contribution >= 0.6 is 0 Å². The second kappa shape index (κ2) is 5.08. The number of hydrogen-bond acceptors (Lipinski definition) is 0. The van der Waals surface area contributed by atoms with E-state index in [4.69, 9.17) is 0 Å². The molecule has 0 nitrogen and oxygen atoms in total. The first kappa shape index (κ1) is 20.6. The molecule has 0 spiro atoms. The minimum Gasteiger partial charge on any atom is -0.195 e. The Morgan fingerprint density at radius 2 is 0.591 bits per heavy atom. The average Bonchev–Trinajstić information content (AvgIpc) is 2.37. The fraction of sp³-hybridized carbons (Fsp3) is 0.600. The highest BCUT2D eigenvalue weighted by atomic mass is 19.4. The van der Waals surface area contributed by atoms with Crippen molar-refractivity contribution in [2.75, 3.05) is 0 Å². The summed E-state index contributed by atoms with van der Waals surface area (Å²) in [5.41, 5.74) is 0. The molecule has 0 saturated carbocycles. The number of allylic oxidation sites excluding steroid dienone is 2. The topological polar surface area (TPSA) is 0 Å². The second-order valence-electron chi connectivity index (χ2n) is 3.95. The van der Waals surface area contributed by atoms with Crippen LogP contribution in [0.15, 0.2) is 25.3 Å². The predicted molar refractivity (Wildman–Crippen MR) is 50.1 cm³/mol. The van der Waals surface area contributed by atoms with Crippen LogP contribution in [0.4, 0.5) is 52.7 Å². The highest BCUT2D eigenvalue weighted by Crippen LogP contribution is 2.60. The summed E-state index contributed by atoms with van der Waals surface area (Å²) >= 11 is 0. The van der Waals surface area contributed by atoms with Gasteiger partial charge in [-0.2, -0.15) is 52.7 Å². The van der Waals surface area contributed by atoms with Crippen LogP contribution in [0, 0.1) is 0 Å². The molecule has 0 aliphatic carbocycles. The van der Waals surface area contributed by atoms with Gasteiger partial charge >= 0.3 is 35.5 Å². The Labute approximate surface area is 115 Å². The van der Waals surface area contributed by atoms with E-state index in [1.165, 1.54) is 0 Å². The van der Waals surface area contributed by atoms with Gasteiger partial charge in [0.2, 0.25) is 0 Å². The number of rotatable bonds is 7. The van der Waals surface area contributed by atoms with Gasteiger partial charge in [0, 0.05) is 0 Å². The maximum Gasteiger partial charge on any atom is 0.385 e. The molecule has 0 unspecified atom stereocenters. The largest absolute Gasteiger partial charge is 0.385 e. The smallest absolute Gasteiger partial charge is 0.195 e. The third-order valence-corrected chi connectivity index (χ3v) is 2.53. The Morgan fingerprint density at radius 3 is 0.727 bits per heavy atom. The number of hydrogen-bond donors (Lipinski definition) is 0. The van der Waals surface area contributed by atoms with Gasteiger partial charge in [-0.15, -0.1) is 0 Å². The van der Waals surface area contributed by atoms with Crippen molar-refractivity contribution in [1.82, 2.24) is 0 Å². The lowest BCUT2D eigenvalue weighted by Gasteiger charge is -2.40. The normalized spacial score (nSPS) is 15.6. The minimum absolute atomic E-state index is 1.21. The Hall–Kier alpha value is -1.36. The van der Waals surface area contributed by atoms with Gasteiger partial charge < -0.3 is 0 Å². The first-order chi connectivity index (χ1) is 9.37. The van der Waals surface area contributed by atoms with Crippen molar-refractivity contribution in [2.45, 2.75) is 35.5 Å². The van der Waals surface area contributed by atoms with Crippen LogP contribution in [0.25, 0.3) is 0 Å². The van der Waals surface area contributed by atoms with Crippen molar-refractivity contribution >= 4 is 0 Å². The summed E-state index contributed by atoms with van der Waals surface area (Å²) in [6.07, 6.45) is -2.42. The summed E-state index contributed by atoms with van der Waals surface area (Å²) in [6, 6.07) is 0. The molecule has 0 aliphatic heterocycles. The molecule has 0 aromatic carbocycles. The maximum atomic E-state index is 12.9. The quantitative estimate of drug-likeness (QED) is 0.437. The van der Waals surface area contributed by atoms with E-state index < -0.39 is 47.7 Å². The summed E-state index contributed by atoms with van der Waals surface area (Å²) in [5, 5.41) is 0. The zero-order chi connectivity index (χ0) is 18.4. The maximum absolute atomic E-state index is 12.9. The van der Waals surface area contributed by atoms with Gasteiger partial charge in [0.15, 0.2) is 0 Å². The van der Waals surface area contributed by atoms with Crippen molar-refractivity contribution in [3.05, 3.63) is 25.3 Å². The van der Waals surface area contributed by atoms with Crippen LogP contribution in [0.2, 0.25) is 0 Å². The van der Waals surface area contributed by atoms with Crippen molar-refractivity contribution in [3.8, 4) is 0 Å². The van der Waals surface area contributed by atoms with Crippen LogP contribution in [-0.2, 0) is 0 Å². The van der Waals surface area contributed by atoms with E-state index in [0.29, 0.717) is 0 Å². The summed E-state index contributed by atoms with van der Waals surface area (Å²) in [4.78, 5) is 0. The molecule has 12 heteroatoms. The molecular formula is C10H6F12. The molecule has 0 heterocycles. The van der Waals surface area contributed by atoms with E-state index in [9.17, 15) is 52.7 Å². The Bertz CT molecular complexity index is 405. The third kappa shape index (κ3) is 2.35. The molecule has 0 amide bonds. The number of halogens is 12. The van der Waals surface area contributed by atoms with Crippen LogP contribution in [0.3, 0.4) is 0 Å². The molecule has 0 aliphatic rings. The molecule has 0 N–H and O–H groups in total. The first-order valence-corrected chi connectivity index (χ1v) is 4.91. The fourth-order valence-electron chi connectivity index (χ4n) is 1.07. The molecule has 0 atom stereocenters. The van der Waals surface area contributed by atoms with E-state index in [0.717, 1.165) is 0 Å². The first-order valence-electron chi connectivity index (χ1n) is 4.91. The van der Waals surface area contributed by atoms with E-state index in [1.54, 1.807) is 0 Å². The fourth-order valence-corrected chi connectivity index (χ4v) is 1.07. The van der Waals surface area contributed by atoms with E-state index in [-0.39, 0.29) is 0 Å². The molecule has 0 bridgehead atoms. The van der Waals surface area contributed by atoms with Gasteiger partial charge in [0.05, 0.1) is 0 Å². The van der Waals surface area contributed by atoms with E-state index in [1.807, 2.05) is 13.2 Å². The van der Waals surface area contributed by atoms with Gasteiger partial charge in [0.25, 0.3) is 0 Å². The lowest BCUT2D eigenvalue weighted by molar-refractivity contribution is -0.415. The summed E-state index contributed by atoms with van der Waals surface area (Å²) < 4.78 is 154. The molecule has 0 saturated heterocycles. The number of alkyl halides is 12.